The van der Waals surface area contributed by atoms with Crippen molar-refractivity contribution in [1.82, 2.24) is 14.5 Å². The minimum absolute atomic E-state index is 0.0544. The number of aromatic nitrogens is 2. The van der Waals surface area contributed by atoms with Crippen LogP contribution in [0.1, 0.15) is 65.8 Å². The van der Waals surface area contributed by atoms with E-state index >= 15 is 0 Å². The van der Waals surface area contributed by atoms with E-state index in [1.54, 1.807) is 24.3 Å². The number of alkyl halides is 3. The maximum absolute atomic E-state index is 13.3. The number of hydrogen-bond acceptors (Lipinski definition) is 4. The molecule has 9 heteroatoms. The highest BCUT2D eigenvalue weighted by Gasteiger charge is 2.34. The van der Waals surface area contributed by atoms with Crippen molar-refractivity contribution in [3.63, 3.8) is 0 Å². The highest BCUT2D eigenvalue weighted by atomic mass is 19.4. The van der Waals surface area contributed by atoms with Crippen LogP contribution in [0.4, 0.5) is 13.2 Å². The summed E-state index contributed by atoms with van der Waals surface area (Å²) < 4.78 is 52.6. The molecule has 6 rings (SSSR count). The van der Waals surface area contributed by atoms with E-state index in [9.17, 15) is 18.0 Å². The molecular formula is C25H24F3N3O3. The van der Waals surface area contributed by atoms with Crippen LogP contribution in [0.15, 0.2) is 36.4 Å². The van der Waals surface area contributed by atoms with Crippen LogP contribution in [0.3, 0.4) is 0 Å². The van der Waals surface area contributed by atoms with Crippen molar-refractivity contribution in [1.29, 1.82) is 0 Å². The lowest BCUT2D eigenvalue weighted by Gasteiger charge is -2.35. The van der Waals surface area contributed by atoms with E-state index in [-0.39, 0.29) is 24.7 Å². The first kappa shape index (κ1) is 21.3. The zero-order valence-corrected chi connectivity index (χ0v) is 18.5. The van der Waals surface area contributed by atoms with Crippen LogP contribution in [0.25, 0.3) is 11.0 Å². The van der Waals surface area contributed by atoms with Crippen LogP contribution in [0.2, 0.25) is 0 Å². The standard InChI is InChI=1S/C25H24F3N3O3/c26-25(27,28)17-5-6-20-19(13-17)29-23(15-2-1-3-15)31(20)18-8-10-30(11-9-18)24(32)16-4-7-21-22(12-16)34-14-33-21/h4-7,12-13,15,18H,1-3,8-11,14H2. The van der Waals surface area contributed by atoms with Gasteiger partial charge in [-0.15, -0.1) is 0 Å². The van der Waals surface area contributed by atoms with Gasteiger partial charge in [0.1, 0.15) is 5.82 Å². The van der Waals surface area contributed by atoms with Crippen LogP contribution in [-0.2, 0) is 6.18 Å². The second-order valence-corrected chi connectivity index (χ2v) is 9.26. The zero-order chi connectivity index (χ0) is 23.4. The third-order valence-corrected chi connectivity index (χ3v) is 7.25. The number of carbonyl (C=O) groups is 1. The number of halogens is 3. The number of piperidine rings is 1. The van der Waals surface area contributed by atoms with Gasteiger partial charge >= 0.3 is 6.18 Å². The molecule has 178 valence electrons. The minimum atomic E-state index is -4.39. The highest BCUT2D eigenvalue weighted by Crippen LogP contribution is 2.41. The number of hydrogen-bond donors (Lipinski definition) is 0. The largest absolute Gasteiger partial charge is 0.454 e. The number of benzene rings is 2. The molecule has 0 bridgehead atoms. The Hall–Kier alpha value is -3.23. The van der Waals surface area contributed by atoms with Gasteiger partial charge in [0.25, 0.3) is 5.91 Å². The van der Waals surface area contributed by atoms with E-state index < -0.39 is 11.7 Å². The summed E-state index contributed by atoms with van der Waals surface area (Å²) in [6.45, 7) is 1.30. The monoisotopic (exact) mass is 471 g/mol. The van der Waals surface area contributed by atoms with Gasteiger partial charge in [-0.3, -0.25) is 4.79 Å². The molecule has 1 saturated carbocycles. The van der Waals surface area contributed by atoms with Crippen molar-refractivity contribution in [3.05, 3.63) is 53.3 Å². The van der Waals surface area contributed by atoms with Crippen molar-refractivity contribution in [2.45, 2.75) is 50.2 Å². The van der Waals surface area contributed by atoms with Crippen molar-refractivity contribution >= 4 is 16.9 Å². The Labute approximate surface area is 194 Å². The van der Waals surface area contributed by atoms with Crippen molar-refractivity contribution in [2.24, 2.45) is 0 Å². The lowest BCUT2D eigenvalue weighted by atomic mass is 9.84. The predicted molar refractivity (Wildman–Crippen MR) is 118 cm³/mol. The van der Waals surface area contributed by atoms with E-state index in [0.717, 1.165) is 55.6 Å². The Morgan fingerprint density at radius 2 is 1.74 bits per heavy atom. The Balaban J connectivity index is 1.25. The fraction of sp³-hybridized carbons (Fsp3) is 0.440. The average molecular weight is 471 g/mol. The molecule has 1 aromatic heterocycles. The van der Waals surface area contributed by atoms with Crippen molar-refractivity contribution < 1.29 is 27.4 Å². The number of carbonyl (C=O) groups excluding carboxylic acids is 1. The quantitative estimate of drug-likeness (QED) is 0.504. The van der Waals surface area contributed by atoms with Gasteiger partial charge in [0, 0.05) is 30.6 Å². The highest BCUT2D eigenvalue weighted by molar-refractivity contribution is 5.95. The fourth-order valence-electron chi connectivity index (χ4n) is 5.17. The number of ether oxygens (including phenoxy) is 2. The van der Waals surface area contributed by atoms with Gasteiger partial charge in [0.2, 0.25) is 6.79 Å². The molecule has 3 aliphatic rings. The van der Waals surface area contributed by atoms with E-state index in [1.807, 2.05) is 4.90 Å². The molecule has 0 unspecified atom stereocenters. The minimum Gasteiger partial charge on any atom is -0.454 e. The molecule has 0 spiro atoms. The molecular weight excluding hydrogens is 447 g/mol. The van der Waals surface area contributed by atoms with Gasteiger partial charge in [0.05, 0.1) is 16.6 Å². The Morgan fingerprint density at radius 3 is 2.44 bits per heavy atom. The van der Waals surface area contributed by atoms with Gasteiger partial charge in [-0.2, -0.15) is 13.2 Å². The average Bonchev–Trinajstić information content (AvgIpc) is 3.40. The van der Waals surface area contributed by atoms with E-state index in [2.05, 4.69) is 9.55 Å². The molecule has 2 fully saturated rings. The summed E-state index contributed by atoms with van der Waals surface area (Å²) in [5.74, 6) is 2.34. The first-order valence-corrected chi connectivity index (χ1v) is 11.7. The summed E-state index contributed by atoms with van der Waals surface area (Å²) in [7, 11) is 0. The Bertz CT molecular complexity index is 1260. The van der Waals surface area contributed by atoms with Crippen LogP contribution in [0, 0.1) is 0 Å². The Kier molecular flexibility index (Phi) is 4.97. The number of likely N-dealkylation sites (tertiary alicyclic amines) is 1. The second kappa shape index (κ2) is 7.92. The first-order valence-electron chi connectivity index (χ1n) is 11.7. The lowest BCUT2D eigenvalue weighted by Crippen LogP contribution is -2.39. The Morgan fingerprint density at radius 1 is 0.971 bits per heavy atom. The third kappa shape index (κ3) is 3.58. The molecule has 0 radical (unpaired) electrons. The molecule has 0 N–H and O–H groups in total. The summed E-state index contributed by atoms with van der Waals surface area (Å²) >= 11 is 0. The zero-order valence-electron chi connectivity index (χ0n) is 18.5. The van der Waals surface area contributed by atoms with Crippen LogP contribution < -0.4 is 9.47 Å². The second-order valence-electron chi connectivity index (χ2n) is 9.26. The van der Waals surface area contributed by atoms with Gasteiger partial charge in [-0.25, -0.2) is 4.98 Å². The number of imidazole rings is 1. The van der Waals surface area contributed by atoms with Gasteiger partial charge in [0.15, 0.2) is 11.5 Å². The molecule has 0 atom stereocenters. The molecule has 2 aliphatic heterocycles. The summed E-state index contributed by atoms with van der Waals surface area (Å²) in [4.78, 5) is 19.6. The van der Waals surface area contributed by atoms with Crippen molar-refractivity contribution in [2.75, 3.05) is 19.9 Å². The number of nitrogens with zero attached hydrogens (tertiary/aromatic N) is 3. The maximum Gasteiger partial charge on any atom is 0.416 e. The maximum atomic E-state index is 13.3. The first-order chi connectivity index (χ1) is 16.4. The summed E-state index contributed by atoms with van der Waals surface area (Å²) in [6, 6.07) is 9.16. The summed E-state index contributed by atoms with van der Waals surface area (Å²) in [5.41, 5.74) is 1.03. The molecule has 3 aromatic rings. The van der Waals surface area contributed by atoms with Gasteiger partial charge < -0.3 is 18.9 Å². The van der Waals surface area contributed by atoms with Crippen LogP contribution in [-0.4, -0.2) is 40.2 Å². The van der Waals surface area contributed by atoms with E-state index in [0.29, 0.717) is 35.7 Å². The van der Waals surface area contributed by atoms with Crippen molar-refractivity contribution in [3.8, 4) is 11.5 Å². The number of amides is 1. The molecule has 3 heterocycles. The molecule has 1 aliphatic carbocycles. The molecule has 1 amide bonds. The number of fused-ring (bicyclic) bond motifs is 2. The predicted octanol–water partition coefficient (Wildman–Crippen LogP) is 5.53. The smallest absolute Gasteiger partial charge is 0.416 e. The van der Waals surface area contributed by atoms with E-state index in [1.165, 1.54) is 0 Å². The lowest BCUT2D eigenvalue weighted by molar-refractivity contribution is -0.137. The van der Waals surface area contributed by atoms with Crippen LogP contribution >= 0.6 is 0 Å². The van der Waals surface area contributed by atoms with Gasteiger partial charge in [-0.05, 0) is 62.1 Å². The normalized spacial score (nSPS) is 19.0. The molecule has 6 nitrogen and oxygen atoms in total. The summed E-state index contributed by atoms with van der Waals surface area (Å²) in [6.07, 6.45) is 0.192. The molecule has 34 heavy (non-hydrogen) atoms. The third-order valence-electron chi connectivity index (χ3n) is 7.25. The molecule has 2 aromatic carbocycles. The summed E-state index contributed by atoms with van der Waals surface area (Å²) in [5, 5.41) is 0. The van der Waals surface area contributed by atoms with E-state index in [4.69, 9.17) is 9.47 Å². The van der Waals surface area contributed by atoms with Crippen LogP contribution in [0.5, 0.6) is 11.5 Å². The topological polar surface area (TPSA) is 56.6 Å². The SMILES string of the molecule is O=C(c1ccc2c(c1)OCO2)N1CCC(n2c(C3CCC3)nc3cc(C(F)(F)F)ccc32)CC1. The number of rotatable bonds is 3. The molecule has 1 saturated heterocycles. The fourth-order valence-corrected chi connectivity index (χ4v) is 5.17. The van der Waals surface area contributed by atoms with Gasteiger partial charge in [-0.1, -0.05) is 6.42 Å².